The monoisotopic (exact) mass is 321 g/mol. The maximum absolute atomic E-state index is 11.5. The summed E-state index contributed by atoms with van der Waals surface area (Å²) >= 11 is 0. The van der Waals surface area contributed by atoms with E-state index < -0.39 is 23.9 Å². The van der Waals surface area contributed by atoms with Gasteiger partial charge in [0.15, 0.2) is 0 Å². The molecule has 7 nitrogen and oxygen atoms in total. The van der Waals surface area contributed by atoms with Gasteiger partial charge in [0.05, 0.1) is 6.10 Å². The molecule has 0 aliphatic rings. The first-order valence-corrected chi connectivity index (χ1v) is 7.33. The van der Waals surface area contributed by atoms with Gasteiger partial charge in [-0.1, -0.05) is 0 Å². The van der Waals surface area contributed by atoms with Crippen molar-refractivity contribution in [2.75, 3.05) is 6.54 Å². The van der Waals surface area contributed by atoms with Crippen molar-refractivity contribution in [1.82, 2.24) is 10.3 Å². The average molecular weight is 321 g/mol. The molecule has 3 N–H and O–H groups in total. The number of aromatic nitrogens is 1. The molecule has 1 heterocycles. The summed E-state index contributed by atoms with van der Waals surface area (Å²) in [6.07, 6.45) is -1.27. The van der Waals surface area contributed by atoms with E-state index in [1.807, 2.05) is 6.07 Å². The Labute approximate surface area is 135 Å². The lowest BCUT2D eigenvalue weighted by Gasteiger charge is -2.21. The highest BCUT2D eigenvalue weighted by atomic mass is 16.6. The van der Waals surface area contributed by atoms with Gasteiger partial charge in [-0.15, -0.1) is 0 Å². The van der Waals surface area contributed by atoms with Gasteiger partial charge in [-0.25, -0.2) is 9.78 Å². The van der Waals surface area contributed by atoms with E-state index in [1.165, 1.54) is 6.20 Å². The fourth-order valence-corrected chi connectivity index (χ4v) is 1.89. The molecule has 0 saturated heterocycles. The normalized spacial score (nSPS) is 13.8. The standard InChI is InChI=1S/C16H23N3O4/c1-10-7-11(9-19-12(10)8-17)14(21)13(20)5-6-18-15(22)23-16(2,3)4/h7,9,13-14,20-21H,5-6H2,1-4H3,(H,18,22). The van der Waals surface area contributed by atoms with Crippen molar-refractivity contribution in [2.45, 2.75) is 51.9 Å². The van der Waals surface area contributed by atoms with Crippen molar-refractivity contribution in [3.8, 4) is 6.07 Å². The molecule has 2 unspecified atom stereocenters. The van der Waals surface area contributed by atoms with Gasteiger partial charge in [-0.3, -0.25) is 0 Å². The summed E-state index contributed by atoms with van der Waals surface area (Å²) in [5.74, 6) is 0. The third kappa shape index (κ3) is 6.22. The van der Waals surface area contributed by atoms with Crippen LogP contribution in [0.5, 0.6) is 0 Å². The Morgan fingerprint density at radius 3 is 2.65 bits per heavy atom. The van der Waals surface area contributed by atoms with Gasteiger partial charge >= 0.3 is 6.09 Å². The summed E-state index contributed by atoms with van der Waals surface area (Å²) in [6, 6.07) is 3.55. The van der Waals surface area contributed by atoms with Crippen LogP contribution in [0.15, 0.2) is 12.3 Å². The lowest BCUT2D eigenvalue weighted by Crippen LogP contribution is -2.34. The van der Waals surface area contributed by atoms with Gasteiger partial charge in [-0.05, 0) is 45.7 Å². The molecule has 0 aliphatic carbocycles. The molecule has 7 heteroatoms. The van der Waals surface area contributed by atoms with Crippen LogP contribution in [-0.2, 0) is 4.74 Å². The van der Waals surface area contributed by atoms with E-state index in [0.717, 1.165) is 0 Å². The molecule has 1 amide bonds. The zero-order chi connectivity index (χ0) is 17.6. The molecular formula is C16H23N3O4. The first kappa shape index (κ1) is 18.9. The Balaban J connectivity index is 2.51. The van der Waals surface area contributed by atoms with Crippen molar-refractivity contribution in [1.29, 1.82) is 5.26 Å². The van der Waals surface area contributed by atoms with Crippen molar-refractivity contribution >= 4 is 6.09 Å². The van der Waals surface area contributed by atoms with E-state index >= 15 is 0 Å². The van der Waals surface area contributed by atoms with Gasteiger partial charge in [0, 0.05) is 18.3 Å². The number of aliphatic hydroxyl groups is 2. The molecule has 0 fully saturated rings. The number of carbonyl (C=O) groups is 1. The highest BCUT2D eigenvalue weighted by Gasteiger charge is 2.20. The first-order chi connectivity index (χ1) is 10.6. The number of nitrogens with zero attached hydrogens (tertiary/aromatic N) is 2. The molecule has 0 spiro atoms. The zero-order valence-electron chi connectivity index (χ0n) is 13.8. The minimum atomic E-state index is -1.14. The molecule has 23 heavy (non-hydrogen) atoms. The van der Waals surface area contributed by atoms with Crippen LogP contribution < -0.4 is 5.32 Å². The summed E-state index contributed by atoms with van der Waals surface area (Å²) in [5, 5.41) is 31.5. The number of alkyl carbamates (subject to hydrolysis) is 1. The minimum Gasteiger partial charge on any atom is -0.444 e. The number of carbonyl (C=O) groups excluding carboxylic acids is 1. The number of hydrogen-bond acceptors (Lipinski definition) is 6. The summed E-state index contributed by atoms with van der Waals surface area (Å²) < 4.78 is 5.07. The molecule has 0 aliphatic heterocycles. The topological polar surface area (TPSA) is 115 Å². The molecule has 1 aromatic heterocycles. The third-order valence-electron chi connectivity index (χ3n) is 3.02. The average Bonchev–Trinajstić information content (AvgIpc) is 2.44. The molecular weight excluding hydrogens is 298 g/mol. The third-order valence-corrected chi connectivity index (χ3v) is 3.02. The largest absolute Gasteiger partial charge is 0.444 e. The maximum Gasteiger partial charge on any atom is 0.407 e. The van der Waals surface area contributed by atoms with Crippen LogP contribution in [0.2, 0.25) is 0 Å². The summed E-state index contributed by atoms with van der Waals surface area (Å²) in [7, 11) is 0. The Morgan fingerprint density at radius 1 is 1.48 bits per heavy atom. The van der Waals surface area contributed by atoms with Crippen molar-refractivity contribution < 1.29 is 19.7 Å². The SMILES string of the molecule is Cc1cc(C(O)C(O)CCNC(=O)OC(C)(C)C)cnc1C#N. The molecule has 0 radical (unpaired) electrons. The van der Waals surface area contributed by atoms with E-state index in [-0.39, 0.29) is 18.7 Å². The van der Waals surface area contributed by atoms with Gasteiger partial charge in [0.25, 0.3) is 0 Å². The number of nitriles is 1. The number of ether oxygens (including phenoxy) is 1. The number of hydrogen-bond donors (Lipinski definition) is 3. The molecule has 0 saturated carbocycles. The van der Waals surface area contributed by atoms with E-state index in [2.05, 4.69) is 10.3 Å². The summed E-state index contributed by atoms with van der Waals surface area (Å²) in [5.41, 5.74) is 0.741. The van der Waals surface area contributed by atoms with Crippen LogP contribution in [0.25, 0.3) is 0 Å². The van der Waals surface area contributed by atoms with E-state index in [9.17, 15) is 15.0 Å². The Kier molecular flexibility index (Phi) is 6.49. The second-order valence-electron chi connectivity index (χ2n) is 6.28. The molecule has 0 aromatic carbocycles. The maximum atomic E-state index is 11.5. The van der Waals surface area contributed by atoms with Gasteiger partial charge in [0.1, 0.15) is 23.5 Å². The second kappa shape index (κ2) is 7.90. The number of aliphatic hydroxyl groups excluding tert-OH is 2. The number of pyridine rings is 1. The minimum absolute atomic E-state index is 0.152. The fourth-order valence-electron chi connectivity index (χ4n) is 1.89. The summed E-state index contributed by atoms with van der Waals surface area (Å²) in [6.45, 7) is 7.14. The van der Waals surface area contributed by atoms with Gasteiger partial charge in [0.2, 0.25) is 0 Å². The predicted molar refractivity (Wildman–Crippen MR) is 83.5 cm³/mol. The van der Waals surface area contributed by atoms with Crippen LogP contribution in [0.1, 0.15) is 50.1 Å². The lowest BCUT2D eigenvalue weighted by molar-refractivity contribution is 0.0121. The van der Waals surface area contributed by atoms with E-state index in [1.54, 1.807) is 33.8 Å². The van der Waals surface area contributed by atoms with Gasteiger partial charge < -0.3 is 20.3 Å². The van der Waals surface area contributed by atoms with Crippen LogP contribution in [0.4, 0.5) is 4.79 Å². The molecule has 2 atom stereocenters. The first-order valence-electron chi connectivity index (χ1n) is 7.33. The smallest absolute Gasteiger partial charge is 0.407 e. The Morgan fingerprint density at radius 2 is 2.13 bits per heavy atom. The predicted octanol–water partition coefficient (Wildman–Crippen LogP) is 1.57. The molecule has 1 rings (SSSR count). The van der Waals surface area contributed by atoms with Crippen molar-refractivity contribution in [2.24, 2.45) is 0 Å². The van der Waals surface area contributed by atoms with Gasteiger partial charge in [-0.2, -0.15) is 5.26 Å². The number of rotatable bonds is 5. The van der Waals surface area contributed by atoms with E-state index in [0.29, 0.717) is 11.1 Å². The molecule has 0 bridgehead atoms. The fraction of sp³-hybridized carbons (Fsp3) is 0.562. The molecule has 126 valence electrons. The number of amides is 1. The second-order valence-corrected chi connectivity index (χ2v) is 6.28. The van der Waals surface area contributed by atoms with Crippen LogP contribution >= 0.6 is 0 Å². The number of aryl methyl sites for hydroxylation is 1. The molecule has 1 aromatic rings. The summed E-state index contributed by atoms with van der Waals surface area (Å²) in [4.78, 5) is 15.4. The van der Waals surface area contributed by atoms with Crippen molar-refractivity contribution in [3.05, 3.63) is 29.1 Å². The van der Waals surface area contributed by atoms with Crippen molar-refractivity contribution in [3.63, 3.8) is 0 Å². The van der Waals surface area contributed by atoms with Crippen LogP contribution in [-0.4, -0.2) is 39.5 Å². The van der Waals surface area contributed by atoms with Crippen LogP contribution in [0, 0.1) is 18.3 Å². The number of nitrogens with one attached hydrogen (secondary N) is 1. The highest BCUT2D eigenvalue weighted by Crippen LogP contribution is 2.20. The lowest BCUT2D eigenvalue weighted by atomic mass is 10.0. The highest BCUT2D eigenvalue weighted by molar-refractivity contribution is 5.67. The Bertz CT molecular complexity index is 590. The quantitative estimate of drug-likeness (QED) is 0.758. The van der Waals surface area contributed by atoms with Crippen LogP contribution in [0.3, 0.4) is 0 Å². The van der Waals surface area contributed by atoms with E-state index in [4.69, 9.17) is 10.00 Å². The Hall–Kier alpha value is -2.17. The zero-order valence-corrected chi connectivity index (χ0v) is 13.8.